The van der Waals surface area contributed by atoms with Crippen molar-refractivity contribution in [2.24, 2.45) is 0 Å². The fraction of sp³-hybridized carbons (Fsp3) is 0.231. The summed E-state index contributed by atoms with van der Waals surface area (Å²) < 4.78 is 10.8. The number of aromatic amines is 1. The van der Waals surface area contributed by atoms with E-state index in [-0.39, 0.29) is 12.5 Å². The number of carbonyl (C=O) groups excluding carboxylic acids is 1. The second kappa shape index (κ2) is 6.44. The molecule has 2 N–H and O–H groups in total. The molecule has 0 atom stereocenters. The number of para-hydroxylation sites is 2. The molecule has 2 rings (SSSR count). The Morgan fingerprint density at radius 2 is 2.05 bits per heavy atom. The van der Waals surface area contributed by atoms with E-state index in [1.807, 2.05) is 19.1 Å². The molecule has 6 nitrogen and oxygen atoms in total. The molecule has 19 heavy (non-hydrogen) atoms. The van der Waals surface area contributed by atoms with Crippen LogP contribution in [0.25, 0.3) is 0 Å². The van der Waals surface area contributed by atoms with Crippen molar-refractivity contribution in [2.45, 2.75) is 6.92 Å². The van der Waals surface area contributed by atoms with Crippen molar-refractivity contribution in [2.75, 3.05) is 18.5 Å². The Labute approximate surface area is 110 Å². The van der Waals surface area contributed by atoms with Crippen molar-refractivity contribution in [1.82, 2.24) is 9.97 Å². The maximum atomic E-state index is 11.6. The second-order valence-corrected chi connectivity index (χ2v) is 3.65. The monoisotopic (exact) mass is 261 g/mol. The first kappa shape index (κ1) is 12.9. The highest BCUT2D eigenvalue weighted by molar-refractivity contribution is 5.90. The number of benzene rings is 1. The number of H-pyrrole nitrogens is 1. The van der Waals surface area contributed by atoms with Gasteiger partial charge < -0.3 is 14.5 Å². The topological polar surface area (TPSA) is 76.2 Å². The lowest BCUT2D eigenvalue weighted by Crippen LogP contribution is -2.21. The van der Waals surface area contributed by atoms with Gasteiger partial charge in [0.1, 0.15) is 0 Å². The molecule has 2 aromatic rings. The summed E-state index contributed by atoms with van der Waals surface area (Å²) in [5, 5.41) is 2.57. The Bertz CT molecular complexity index is 526. The molecule has 100 valence electrons. The minimum Gasteiger partial charge on any atom is -0.490 e. The molecule has 0 saturated heterocycles. The minimum atomic E-state index is -0.291. The highest BCUT2D eigenvalue weighted by atomic mass is 16.5. The van der Waals surface area contributed by atoms with Crippen LogP contribution in [-0.4, -0.2) is 29.1 Å². The Balaban J connectivity index is 1.89. The molecule has 0 saturated carbocycles. The van der Waals surface area contributed by atoms with Gasteiger partial charge in [-0.1, -0.05) is 12.1 Å². The molecule has 0 fully saturated rings. The molecular weight excluding hydrogens is 246 g/mol. The van der Waals surface area contributed by atoms with Gasteiger partial charge in [0, 0.05) is 12.4 Å². The number of rotatable bonds is 6. The molecule has 0 aliphatic carbocycles. The highest BCUT2D eigenvalue weighted by Crippen LogP contribution is 2.26. The summed E-state index contributed by atoms with van der Waals surface area (Å²) in [6, 6.07) is 7.22. The smallest absolute Gasteiger partial charge is 0.264 e. The van der Waals surface area contributed by atoms with Gasteiger partial charge >= 0.3 is 0 Å². The van der Waals surface area contributed by atoms with E-state index in [4.69, 9.17) is 9.47 Å². The Morgan fingerprint density at radius 3 is 2.68 bits per heavy atom. The molecule has 0 unspecified atom stereocenters. The fourth-order valence-electron chi connectivity index (χ4n) is 1.49. The van der Waals surface area contributed by atoms with Gasteiger partial charge in [-0.05, 0) is 19.1 Å². The van der Waals surface area contributed by atoms with E-state index in [0.29, 0.717) is 24.1 Å². The van der Waals surface area contributed by atoms with Gasteiger partial charge in [-0.25, -0.2) is 4.98 Å². The quantitative estimate of drug-likeness (QED) is 0.831. The summed E-state index contributed by atoms with van der Waals surface area (Å²) in [4.78, 5) is 18.3. The van der Waals surface area contributed by atoms with E-state index in [1.54, 1.807) is 24.5 Å². The number of ether oxygens (including phenoxy) is 2. The van der Waals surface area contributed by atoms with E-state index >= 15 is 0 Å². The lowest BCUT2D eigenvalue weighted by molar-refractivity contribution is -0.118. The molecular formula is C13H15N3O3. The van der Waals surface area contributed by atoms with Crippen LogP contribution in [-0.2, 0) is 4.79 Å². The van der Waals surface area contributed by atoms with Crippen molar-refractivity contribution in [3.05, 3.63) is 36.7 Å². The average molecular weight is 261 g/mol. The van der Waals surface area contributed by atoms with Crippen molar-refractivity contribution in [3.8, 4) is 11.5 Å². The standard InChI is InChI=1S/C13H15N3O3/c1-2-18-10-5-3-4-6-11(10)19-9-12(17)16-13-14-7-8-15-13/h3-8H,2,9H2,1H3,(H2,14,15,16,17). The Kier molecular flexibility index (Phi) is 4.39. The maximum Gasteiger partial charge on any atom is 0.264 e. The van der Waals surface area contributed by atoms with Gasteiger partial charge in [-0.3, -0.25) is 10.1 Å². The van der Waals surface area contributed by atoms with Crippen LogP contribution >= 0.6 is 0 Å². The normalized spacial score (nSPS) is 9.95. The lowest BCUT2D eigenvalue weighted by Gasteiger charge is -2.10. The van der Waals surface area contributed by atoms with Crippen LogP contribution in [0.5, 0.6) is 11.5 Å². The van der Waals surface area contributed by atoms with E-state index in [2.05, 4.69) is 15.3 Å². The first-order valence-corrected chi connectivity index (χ1v) is 5.93. The van der Waals surface area contributed by atoms with Crippen molar-refractivity contribution >= 4 is 11.9 Å². The van der Waals surface area contributed by atoms with Crippen LogP contribution < -0.4 is 14.8 Å². The third kappa shape index (κ3) is 3.74. The fourth-order valence-corrected chi connectivity index (χ4v) is 1.49. The van der Waals surface area contributed by atoms with Gasteiger partial charge in [0.2, 0.25) is 5.95 Å². The third-order valence-corrected chi connectivity index (χ3v) is 2.26. The number of aromatic nitrogens is 2. The van der Waals surface area contributed by atoms with Gasteiger partial charge in [0.05, 0.1) is 6.61 Å². The zero-order chi connectivity index (χ0) is 13.5. The number of amides is 1. The number of hydrogen-bond acceptors (Lipinski definition) is 4. The highest BCUT2D eigenvalue weighted by Gasteiger charge is 2.08. The summed E-state index contributed by atoms with van der Waals surface area (Å²) in [7, 11) is 0. The summed E-state index contributed by atoms with van der Waals surface area (Å²) in [5.41, 5.74) is 0. The van der Waals surface area contributed by atoms with Crippen LogP contribution in [0.4, 0.5) is 5.95 Å². The van der Waals surface area contributed by atoms with Crippen molar-refractivity contribution in [1.29, 1.82) is 0 Å². The van der Waals surface area contributed by atoms with Crippen LogP contribution in [0.15, 0.2) is 36.7 Å². The molecule has 0 bridgehead atoms. The number of nitrogens with zero attached hydrogens (tertiary/aromatic N) is 1. The molecule has 6 heteroatoms. The largest absolute Gasteiger partial charge is 0.490 e. The summed E-state index contributed by atoms with van der Waals surface area (Å²) in [5.74, 6) is 1.27. The lowest BCUT2D eigenvalue weighted by atomic mass is 10.3. The molecule has 0 aliphatic heterocycles. The van der Waals surface area contributed by atoms with Crippen LogP contribution in [0.2, 0.25) is 0 Å². The van der Waals surface area contributed by atoms with Crippen LogP contribution in [0, 0.1) is 0 Å². The first-order valence-electron chi connectivity index (χ1n) is 5.93. The van der Waals surface area contributed by atoms with E-state index < -0.39 is 0 Å². The third-order valence-electron chi connectivity index (χ3n) is 2.26. The Morgan fingerprint density at radius 1 is 1.32 bits per heavy atom. The summed E-state index contributed by atoms with van der Waals surface area (Å²) in [6.07, 6.45) is 3.18. The van der Waals surface area contributed by atoms with Crippen molar-refractivity contribution in [3.63, 3.8) is 0 Å². The SMILES string of the molecule is CCOc1ccccc1OCC(=O)Nc1ncc[nH]1. The molecule has 0 spiro atoms. The van der Waals surface area contributed by atoms with Gasteiger partial charge in [-0.15, -0.1) is 0 Å². The molecule has 1 aromatic carbocycles. The molecule has 0 aliphatic rings. The minimum absolute atomic E-state index is 0.106. The molecule has 1 heterocycles. The Hall–Kier alpha value is -2.50. The number of hydrogen-bond donors (Lipinski definition) is 2. The van der Waals surface area contributed by atoms with E-state index in [0.717, 1.165) is 0 Å². The average Bonchev–Trinajstić information content (AvgIpc) is 2.91. The van der Waals surface area contributed by atoms with Crippen LogP contribution in [0.3, 0.4) is 0 Å². The zero-order valence-electron chi connectivity index (χ0n) is 10.6. The number of imidazole rings is 1. The van der Waals surface area contributed by atoms with Gasteiger partial charge in [0.15, 0.2) is 18.1 Å². The molecule has 1 amide bonds. The predicted octanol–water partition coefficient (Wildman–Crippen LogP) is 1.83. The van der Waals surface area contributed by atoms with E-state index in [1.165, 1.54) is 0 Å². The second-order valence-electron chi connectivity index (χ2n) is 3.65. The number of anilines is 1. The number of nitrogens with one attached hydrogen (secondary N) is 2. The van der Waals surface area contributed by atoms with Gasteiger partial charge in [0.25, 0.3) is 5.91 Å². The molecule has 0 radical (unpaired) electrons. The zero-order valence-corrected chi connectivity index (χ0v) is 10.6. The van der Waals surface area contributed by atoms with E-state index in [9.17, 15) is 4.79 Å². The van der Waals surface area contributed by atoms with Crippen molar-refractivity contribution < 1.29 is 14.3 Å². The van der Waals surface area contributed by atoms with Crippen LogP contribution in [0.1, 0.15) is 6.92 Å². The molecule has 1 aromatic heterocycles. The predicted molar refractivity (Wildman–Crippen MR) is 70.3 cm³/mol. The summed E-state index contributed by atoms with van der Waals surface area (Å²) >= 11 is 0. The number of carbonyl (C=O) groups is 1. The maximum absolute atomic E-state index is 11.6. The van der Waals surface area contributed by atoms with Gasteiger partial charge in [-0.2, -0.15) is 0 Å². The summed E-state index contributed by atoms with van der Waals surface area (Å²) in [6.45, 7) is 2.32. The first-order chi connectivity index (χ1) is 9.29.